The van der Waals surface area contributed by atoms with Crippen LogP contribution in [0.2, 0.25) is 0 Å². The molecule has 18 heavy (non-hydrogen) atoms. The van der Waals surface area contributed by atoms with Gasteiger partial charge in [0, 0.05) is 56.2 Å². The van der Waals surface area contributed by atoms with Crippen LogP contribution in [0.15, 0.2) is 12.4 Å². The minimum Gasteiger partial charge on any atom is -0.396 e. The molecule has 1 aliphatic heterocycles. The summed E-state index contributed by atoms with van der Waals surface area (Å²) < 4.78 is 0. The fourth-order valence-electron chi connectivity index (χ4n) is 2.09. The summed E-state index contributed by atoms with van der Waals surface area (Å²) in [4.78, 5) is 10.9. The third-order valence-corrected chi connectivity index (χ3v) is 3.23. The molecule has 0 aromatic carbocycles. The van der Waals surface area contributed by atoms with E-state index in [1.807, 2.05) is 12.4 Å². The molecule has 1 fully saturated rings. The molecule has 5 heteroatoms. The third kappa shape index (κ3) is 3.40. The molecule has 0 bridgehead atoms. The molecule has 0 amide bonds. The Balaban J connectivity index is 1.91. The van der Waals surface area contributed by atoms with E-state index in [0.717, 1.165) is 37.6 Å². The molecule has 1 aromatic rings. The van der Waals surface area contributed by atoms with Gasteiger partial charge in [0.05, 0.1) is 0 Å². The van der Waals surface area contributed by atoms with Crippen molar-refractivity contribution in [3.8, 4) is 0 Å². The summed E-state index contributed by atoms with van der Waals surface area (Å²) in [6, 6.07) is 0.466. The Morgan fingerprint density at radius 3 is 2.72 bits per heavy atom. The first kappa shape index (κ1) is 13.2. The first-order valence-electron chi connectivity index (χ1n) is 6.59. The van der Waals surface area contributed by atoms with E-state index in [2.05, 4.69) is 34.0 Å². The number of nitrogens with zero attached hydrogens (tertiary/aromatic N) is 3. The fourth-order valence-corrected chi connectivity index (χ4v) is 2.09. The van der Waals surface area contributed by atoms with Crippen LogP contribution >= 0.6 is 0 Å². The van der Waals surface area contributed by atoms with Crippen molar-refractivity contribution >= 4 is 5.95 Å². The van der Waals surface area contributed by atoms with Gasteiger partial charge in [0.15, 0.2) is 0 Å². The highest BCUT2D eigenvalue weighted by atomic mass is 16.3. The number of aromatic nitrogens is 2. The molecule has 0 spiro atoms. The van der Waals surface area contributed by atoms with Crippen molar-refractivity contribution in [2.45, 2.75) is 32.9 Å². The van der Waals surface area contributed by atoms with Crippen LogP contribution in [-0.2, 0) is 6.54 Å². The van der Waals surface area contributed by atoms with Gasteiger partial charge in [-0.3, -0.25) is 0 Å². The van der Waals surface area contributed by atoms with Gasteiger partial charge in [0.25, 0.3) is 0 Å². The molecule has 100 valence electrons. The predicted octanol–water partition coefficient (Wildman–Crippen LogP) is 0.793. The lowest BCUT2D eigenvalue weighted by Crippen LogP contribution is -2.24. The fraction of sp³-hybridized carbons (Fsp3) is 0.692. The van der Waals surface area contributed by atoms with E-state index >= 15 is 0 Å². The maximum atomic E-state index is 9.12. The first-order chi connectivity index (χ1) is 8.69. The Bertz CT molecular complexity index is 366. The molecule has 2 rings (SSSR count). The monoisotopic (exact) mass is 250 g/mol. The van der Waals surface area contributed by atoms with E-state index < -0.39 is 0 Å². The Hall–Kier alpha value is -1.20. The van der Waals surface area contributed by atoms with Crippen LogP contribution in [0.25, 0.3) is 0 Å². The van der Waals surface area contributed by atoms with E-state index in [4.69, 9.17) is 5.11 Å². The lowest BCUT2D eigenvalue weighted by molar-refractivity contribution is 0.238. The molecular formula is C13H22N4O. The van der Waals surface area contributed by atoms with Crippen molar-refractivity contribution < 1.29 is 5.11 Å². The summed E-state index contributed by atoms with van der Waals surface area (Å²) in [5, 5.41) is 12.5. The van der Waals surface area contributed by atoms with Gasteiger partial charge in [-0.15, -0.1) is 0 Å². The zero-order valence-corrected chi connectivity index (χ0v) is 11.1. The minimum atomic E-state index is 0.257. The van der Waals surface area contributed by atoms with E-state index in [1.54, 1.807) is 0 Å². The van der Waals surface area contributed by atoms with Crippen LogP contribution < -0.4 is 10.2 Å². The van der Waals surface area contributed by atoms with Gasteiger partial charge in [-0.25, -0.2) is 9.97 Å². The quantitative estimate of drug-likeness (QED) is 0.809. The minimum absolute atomic E-state index is 0.257. The number of aliphatic hydroxyl groups excluding tert-OH is 1. The zero-order chi connectivity index (χ0) is 13.0. The molecule has 1 aliphatic rings. The van der Waals surface area contributed by atoms with Gasteiger partial charge in [-0.1, -0.05) is 13.8 Å². The van der Waals surface area contributed by atoms with Gasteiger partial charge in [-0.05, 0) is 6.42 Å². The standard InChI is InChI=1S/C13H22N4O/c1-10(2)14-5-12-6-15-13(16-7-12)17-4-3-11(8-17)9-18/h6-7,10-11,14,18H,3-5,8-9H2,1-2H3. The lowest BCUT2D eigenvalue weighted by atomic mass is 10.1. The van der Waals surface area contributed by atoms with Crippen molar-refractivity contribution in [3.05, 3.63) is 18.0 Å². The Morgan fingerprint density at radius 2 is 2.17 bits per heavy atom. The van der Waals surface area contributed by atoms with Crippen LogP contribution in [0, 0.1) is 5.92 Å². The van der Waals surface area contributed by atoms with E-state index in [1.165, 1.54) is 0 Å². The zero-order valence-electron chi connectivity index (χ0n) is 11.1. The highest BCUT2D eigenvalue weighted by Gasteiger charge is 2.23. The van der Waals surface area contributed by atoms with Gasteiger partial charge < -0.3 is 15.3 Å². The summed E-state index contributed by atoms with van der Waals surface area (Å²) in [6.07, 6.45) is 4.78. The second kappa shape index (κ2) is 6.11. The second-order valence-corrected chi connectivity index (χ2v) is 5.21. The first-order valence-corrected chi connectivity index (χ1v) is 6.59. The van der Waals surface area contributed by atoms with Crippen molar-refractivity contribution in [2.75, 3.05) is 24.6 Å². The van der Waals surface area contributed by atoms with Crippen LogP contribution in [0.5, 0.6) is 0 Å². The van der Waals surface area contributed by atoms with Gasteiger partial charge in [-0.2, -0.15) is 0 Å². The molecule has 1 unspecified atom stereocenters. The Kier molecular flexibility index (Phi) is 4.49. The molecule has 2 heterocycles. The number of anilines is 1. The average Bonchev–Trinajstić information content (AvgIpc) is 2.85. The molecule has 1 aromatic heterocycles. The maximum Gasteiger partial charge on any atom is 0.225 e. The van der Waals surface area contributed by atoms with Crippen molar-refractivity contribution in [2.24, 2.45) is 5.92 Å². The lowest BCUT2D eigenvalue weighted by Gasteiger charge is -2.16. The third-order valence-electron chi connectivity index (χ3n) is 3.23. The highest BCUT2D eigenvalue weighted by Crippen LogP contribution is 2.19. The molecule has 0 aliphatic carbocycles. The molecule has 5 nitrogen and oxygen atoms in total. The van der Waals surface area contributed by atoms with Gasteiger partial charge in [0.2, 0.25) is 5.95 Å². The summed E-state index contributed by atoms with van der Waals surface area (Å²) >= 11 is 0. The Morgan fingerprint density at radius 1 is 1.44 bits per heavy atom. The molecular weight excluding hydrogens is 228 g/mol. The summed E-state index contributed by atoms with van der Waals surface area (Å²) in [5.41, 5.74) is 1.10. The average molecular weight is 250 g/mol. The predicted molar refractivity (Wildman–Crippen MR) is 71.4 cm³/mol. The second-order valence-electron chi connectivity index (χ2n) is 5.21. The van der Waals surface area contributed by atoms with Crippen LogP contribution in [0.1, 0.15) is 25.8 Å². The van der Waals surface area contributed by atoms with E-state index in [9.17, 15) is 0 Å². The van der Waals surface area contributed by atoms with Crippen molar-refractivity contribution in [1.29, 1.82) is 0 Å². The highest BCUT2D eigenvalue weighted by molar-refractivity contribution is 5.31. The number of rotatable bonds is 5. The molecule has 2 N–H and O–H groups in total. The Labute approximate surface area is 108 Å². The number of nitrogens with one attached hydrogen (secondary N) is 1. The van der Waals surface area contributed by atoms with Crippen LogP contribution in [0.4, 0.5) is 5.95 Å². The summed E-state index contributed by atoms with van der Waals surface area (Å²) in [7, 11) is 0. The smallest absolute Gasteiger partial charge is 0.225 e. The van der Waals surface area contributed by atoms with Crippen LogP contribution in [0.3, 0.4) is 0 Å². The largest absolute Gasteiger partial charge is 0.396 e. The molecule has 1 saturated heterocycles. The topological polar surface area (TPSA) is 61.3 Å². The SMILES string of the molecule is CC(C)NCc1cnc(N2CCC(CO)C2)nc1. The van der Waals surface area contributed by atoms with Crippen LogP contribution in [-0.4, -0.2) is 40.8 Å². The number of hydrogen-bond donors (Lipinski definition) is 2. The van der Waals surface area contributed by atoms with E-state index in [-0.39, 0.29) is 6.61 Å². The molecule has 0 radical (unpaired) electrons. The summed E-state index contributed by atoms with van der Waals surface area (Å²) in [5.74, 6) is 1.15. The van der Waals surface area contributed by atoms with Crippen molar-refractivity contribution in [3.63, 3.8) is 0 Å². The van der Waals surface area contributed by atoms with Gasteiger partial charge >= 0.3 is 0 Å². The molecule has 1 atom stereocenters. The molecule has 0 saturated carbocycles. The maximum absolute atomic E-state index is 9.12. The normalized spacial score (nSPS) is 19.8. The van der Waals surface area contributed by atoms with Crippen molar-refractivity contribution in [1.82, 2.24) is 15.3 Å². The van der Waals surface area contributed by atoms with Gasteiger partial charge in [0.1, 0.15) is 0 Å². The summed E-state index contributed by atoms with van der Waals surface area (Å²) in [6.45, 7) is 7.10. The van der Waals surface area contributed by atoms with E-state index in [0.29, 0.717) is 12.0 Å². The number of hydrogen-bond acceptors (Lipinski definition) is 5. The number of aliphatic hydroxyl groups is 1.